The van der Waals surface area contributed by atoms with Crippen molar-refractivity contribution in [3.8, 4) is 5.75 Å². The molecule has 2 aromatic carbocycles. The van der Waals surface area contributed by atoms with E-state index in [4.69, 9.17) is 9.47 Å². The molecule has 0 spiro atoms. The second-order valence-corrected chi connectivity index (χ2v) is 5.98. The Morgan fingerprint density at radius 2 is 1.84 bits per heavy atom. The van der Waals surface area contributed by atoms with E-state index in [0.717, 1.165) is 12.0 Å². The Labute approximate surface area is 153 Å². The normalized spacial score (nSPS) is 10.2. The summed E-state index contributed by atoms with van der Waals surface area (Å²) in [4.78, 5) is 23.4. The summed E-state index contributed by atoms with van der Waals surface area (Å²) in [6.45, 7) is 1.24. The summed E-state index contributed by atoms with van der Waals surface area (Å²) in [5.41, 5.74) is 1.79. The molecule has 0 atom stereocenters. The van der Waals surface area contributed by atoms with Gasteiger partial charge in [0.05, 0.1) is 4.47 Å². The number of rotatable bonds is 7. The van der Waals surface area contributed by atoms with Gasteiger partial charge >= 0.3 is 5.97 Å². The zero-order valence-electron chi connectivity index (χ0n) is 13.6. The Bertz CT molecular complexity index is 749. The van der Waals surface area contributed by atoms with Crippen molar-refractivity contribution in [2.75, 3.05) is 18.5 Å². The van der Waals surface area contributed by atoms with Crippen LogP contribution in [0.3, 0.4) is 0 Å². The molecule has 25 heavy (non-hydrogen) atoms. The number of nitrogens with one attached hydrogen (secondary N) is 1. The summed E-state index contributed by atoms with van der Waals surface area (Å²) >= 11 is 3.13. The van der Waals surface area contributed by atoms with Gasteiger partial charge in [0.25, 0.3) is 5.91 Å². The first-order valence-corrected chi connectivity index (χ1v) is 8.39. The number of carbonyl (C=O) groups is 2. The van der Waals surface area contributed by atoms with E-state index in [9.17, 15) is 14.0 Å². The van der Waals surface area contributed by atoms with Gasteiger partial charge in [-0.05, 0) is 58.2 Å². The van der Waals surface area contributed by atoms with Crippen molar-refractivity contribution in [1.29, 1.82) is 0 Å². The van der Waals surface area contributed by atoms with Crippen molar-refractivity contribution >= 4 is 33.5 Å². The number of aryl methyl sites for hydroxylation is 1. The van der Waals surface area contributed by atoms with E-state index < -0.39 is 24.3 Å². The molecule has 2 aromatic rings. The van der Waals surface area contributed by atoms with Crippen LogP contribution in [0.25, 0.3) is 0 Å². The van der Waals surface area contributed by atoms with Gasteiger partial charge < -0.3 is 14.8 Å². The van der Waals surface area contributed by atoms with Crippen LogP contribution >= 0.6 is 15.9 Å². The molecule has 0 unspecified atom stereocenters. The van der Waals surface area contributed by atoms with Gasteiger partial charge in [0.15, 0.2) is 13.2 Å². The molecule has 0 bridgehead atoms. The molecule has 0 radical (unpaired) electrons. The van der Waals surface area contributed by atoms with Gasteiger partial charge in [0.1, 0.15) is 11.6 Å². The Hall–Kier alpha value is -2.41. The summed E-state index contributed by atoms with van der Waals surface area (Å²) in [5, 5.41) is 2.63. The van der Waals surface area contributed by atoms with Gasteiger partial charge in [-0.1, -0.05) is 19.1 Å². The van der Waals surface area contributed by atoms with Crippen LogP contribution in [-0.4, -0.2) is 25.1 Å². The molecule has 0 saturated carbocycles. The maximum Gasteiger partial charge on any atom is 0.344 e. The lowest BCUT2D eigenvalue weighted by Gasteiger charge is -2.09. The van der Waals surface area contributed by atoms with Crippen molar-refractivity contribution in [2.24, 2.45) is 0 Å². The SMILES string of the molecule is CCc1ccc(NC(=O)COC(=O)COc2ccc(F)cc2Br)cc1. The Morgan fingerprint density at radius 1 is 1.12 bits per heavy atom. The van der Waals surface area contributed by atoms with E-state index >= 15 is 0 Å². The number of carbonyl (C=O) groups excluding carboxylic acids is 2. The zero-order chi connectivity index (χ0) is 18.2. The highest BCUT2D eigenvalue weighted by Gasteiger charge is 2.10. The molecular formula is C18H17BrFNO4. The number of hydrogen-bond donors (Lipinski definition) is 1. The number of anilines is 1. The maximum absolute atomic E-state index is 13.0. The lowest BCUT2D eigenvalue weighted by atomic mass is 10.1. The van der Waals surface area contributed by atoms with E-state index in [1.165, 1.54) is 18.2 Å². The summed E-state index contributed by atoms with van der Waals surface area (Å²) < 4.78 is 23.4. The maximum atomic E-state index is 13.0. The quantitative estimate of drug-likeness (QED) is 0.707. The summed E-state index contributed by atoms with van der Waals surface area (Å²) in [6, 6.07) is 11.2. The first-order chi connectivity index (χ1) is 12.0. The fourth-order valence-electron chi connectivity index (χ4n) is 1.94. The average Bonchev–Trinajstić information content (AvgIpc) is 2.60. The van der Waals surface area contributed by atoms with Gasteiger partial charge in [0.2, 0.25) is 0 Å². The summed E-state index contributed by atoms with van der Waals surface area (Å²) in [5.74, 6) is -1.27. The van der Waals surface area contributed by atoms with Crippen molar-refractivity contribution < 1.29 is 23.5 Å². The van der Waals surface area contributed by atoms with Crippen molar-refractivity contribution in [3.05, 3.63) is 58.3 Å². The van der Waals surface area contributed by atoms with Crippen molar-refractivity contribution in [3.63, 3.8) is 0 Å². The van der Waals surface area contributed by atoms with Crippen LogP contribution in [0, 0.1) is 5.82 Å². The van der Waals surface area contributed by atoms with Gasteiger partial charge in [-0.2, -0.15) is 0 Å². The van der Waals surface area contributed by atoms with Crippen LogP contribution in [-0.2, 0) is 20.7 Å². The van der Waals surface area contributed by atoms with Gasteiger partial charge in [-0.3, -0.25) is 4.79 Å². The van der Waals surface area contributed by atoms with Crippen molar-refractivity contribution in [1.82, 2.24) is 0 Å². The van der Waals surface area contributed by atoms with Crippen LogP contribution < -0.4 is 10.1 Å². The monoisotopic (exact) mass is 409 g/mol. The molecule has 7 heteroatoms. The van der Waals surface area contributed by atoms with E-state index in [1.54, 1.807) is 12.1 Å². The molecular weight excluding hydrogens is 393 g/mol. The van der Waals surface area contributed by atoms with Crippen LogP contribution in [0.1, 0.15) is 12.5 Å². The molecule has 0 saturated heterocycles. The number of amides is 1. The van der Waals surface area contributed by atoms with E-state index in [1.807, 2.05) is 19.1 Å². The molecule has 0 heterocycles. The molecule has 1 amide bonds. The smallest absolute Gasteiger partial charge is 0.344 e. The number of hydrogen-bond acceptors (Lipinski definition) is 4. The average molecular weight is 410 g/mol. The summed E-state index contributed by atoms with van der Waals surface area (Å²) in [7, 11) is 0. The molecule has 132 valence electrons. The lowest BCUT2D eigenvalue weighted by molar-refractivity contribution is -0.149. The topological polar surface area (TPSA) is 64.6 Å². The minimum atomic E-state index is -0.701. The van der Waals surface area contributed by atoms with Crippen LogP contribution in [0.2, 0.25) is 0 Å². The molecule has 0 aliphatic carbocycles. The van der Waals surface area contributed by atoms with Crippen LogP contribution in [0.5, 0.6) is 5.75 Å². The molecule has 0 aliphatic heterocycles. The minimum Gasteiger partial charge on any atom is -0.481 e. The standard InChI is InChI=1S/C18H17BrFNO4/c1-2-12-3-6-14(7-4-12)21-17(22)10-25-18(23)11-24-16-8-5-13(20)9-15(16)19/h3-9H,2,10-11H2,1H3,(H,21,22). The van der Waals surface area contributed by atoms with Gasteiger partial charge in [-0.25, -0.2) is 9.18 Å². The Morgan fingerprint density at radius 3 is 2.48 bits per heavy atom. The van der Waals surface area contributed by atoms with E-state index in [-0.39, 0.29) is 6.61 Å². The predicted molar refractivity (Wildman–Crippen MR) is 95.0 cm³/mol. The molecule has 2 rings (SSSR count). The lowest BCUT2D eigenvalue weighted by Crippen LogP contribution is -2.23. The fraction of sp³-hybridized carbons (Fsp3) is 0.222. The van der Waals surface area contributed by atoms with Crippen molar-refractivity contribution in [2.45, 2.75) is 13.3 Å². The van der Waals surface area contributed by atoms with E-state index in [2.05, 4.69) is 21.2 Å². The molecule has 0 fully saturated rings. The first kappa shape index (κ1) is 18.9. The van der Waals surface area contributed by atoms with Crippen LogP contribution in [0.15, 0.2) is 46.9 Å². The van der Waals surface area contributed by atoms with Crippen LogP contribution in [0.4, 0.5) is 10.1 Å². The van der Waals surface area contributed by atoms with Gasteiger partial charge in [0, 0.05) is 5.69 Å². The second kappa shape index (κ2) is 9.17. The van der Waals surface area contributed by atoms with E-state index in [0.29, 0.717) is 15.9 Å². The highest BCUT2D eigenvalue weighted by molar-refractivity contribution is 9.10. The number of esters is 1. The summed E-state index contributed by atoms with van der Waals surface area (Å²) in [6.07, 6.45) is 0.913. The minimum absolute atomic E-state index is 0.304. The number of ether oxygens (including phenoxy) is 2. The largest absolute Gasteiger partial charge is 0.481 e. The predicted octanol–water partition coefficient (Wildman–Crippen LogP) is 3.71. The first-order valence-electron chi connectivity index (χ1n) is 7.60. The second-order valence-electron chi connectivity index (χ2n) is 5.12. The Kier molecular flexibility index (Phi) is 6.94. The molecule has 0 aromatic heterocycles. The molecule has 5 nitrogen and oxygen atoms in total. The van der Waals surface area contributed by atoms with Gasteiger partial charge in [-0.15, -0.1) is 0 Å². The Balaban J connectivity index is 1.74. The third-order valence-electron chi connectivity index (χ3n) is 3.25. The number of halogens is 2. The molecule has 1 N–H and O–H groups in total. The number of benzene rings is 2. The third kappa shape index (κ3) is 6.19. The fourth-order valence-corrected chi connectivity index (χ4v) is 2.40. The molecule has 0 aliphatic rings. The highest BCUT2D eigenvalue weighted by Crippen LogP contribution is 2.25. The zero-order valence-corrected chi connectivity index (χ0v) is 15.1. The highest BCUT2D eigenvalue weighted by atomic mass is 79.9. The third-order valence-corrected chi connectivity index (χ3v) is 3.87.